The summed E-state index contributed by atoms with van der Waals surface area (Å²) in [6.45, 7) is 3.18. The molecule has 1 amide bonds. The predicted molar refractivity (Wildman–Crippen MR) is 86.0 cm³/mol. The van der Waals surface area contributed by atoms with E-state index < -0.39 is 0 Å². The first-order chi connectivity index (χ1) is 11.7. The molecule has 0 atom stereocenters. The van der Waals surface area contributed by atoms with Crippen LogP contribution in [0.5, 0.6) is 0 Å². The Labute approximate surface area is 138 Å². The van der Waals surface area contributed by atoms with Crippen LogP contribution in [-0.2, 0) is 4.74 Å². The number of benzene rings is 1. The Morgan fingerprint density at radius 2 is 2.08 bits per heavy atom. The highest BCUT2D eigenvalue weighted by atomic mass is 16.5. The number of carbonyl (C=O) groups excluding carboxylic acids is 1. The van der Waals surface area contributed by atoms with Crippen LogP contribution in [0.2, 0.25) is 0 Å². The van der Waals surface area contributed by atoms with Crippen molar-refractivity contribution in [3.05, 3.63) is 41.9 Å². The molecule has 0 bridgehead atoms. The Balaban J connectivity index is 1.49. The van der Waals surface area contributed by atoms with Crippen LogP contribution in [0.4, 0.5) is 5.69 Å². The lowest BCUT2D eigenvalue weighted by Crippen LogP contribution is -2.15. The molecule has 1 aliphatic heterocycles. The number of aromatic nitrogens is 2. The molecule has 0 unspecified atom stereocenters. The van der Waals surface area contributed by atoms with Gasteiger partial charge in [-0.1, -0.05) is 0 Å². The number of carbonyl (C=O) groups is 1. The molecule has 7 nitrogen and oxygen atoms in total. The summed E-state index contributed by atoms with van der Waals surface area (Å²) in [6, 6.07) is 5.33. The second-order valence-corrected chi connectivity index (χ2v) is 5.83. The zero-order valence-corrected chi connectivity index (χ0v) is 13.2. The molecule has 2 aromatic heterocycles. The minimum absolute atomic E-state index is 0.216. The number of aryl methyl sites for hydroxylation is 1. The maximum atomic E-state index is 12.3. The van der Waals surface area contributed by atoms with Gasteiger partial charge < -0.3 is 18.9 Å². The van der Waals surface area contributed by atoms with Gasteiger partial charge in [0, 0.05) is 37.8 Å². The lowest BCUT2D eigenvalue weighted by atomic mass is 10.0. The molecular formula is C17H17N3O4. The van der Waals surface area contributed by atoms with Crippen LogP contribution in [0.3, 0.4) is 0 Å². The van der Waals surface area contributed by atoms with E-state index in [9.17, 15) is 4.79 Å². The van der Waals surface area contributed by atoms with Crippen molar-refractivity contribution in [1.29, 1.82) is 0 Å². The summed E-state index contributed by atoms with van der Waals surface area (Å²) in [7, 11) is 0. The van der Waals surface area contributed by atoms with Crippen LogP contribution in [0.1, 0.15) is 41.0 Å². The van der Waals surface area contributed by atoms with Gasteiger partial charge in [-0.2, -0.15) is 0 Å². The van der Waals surface area contributed by atoms with Gasteiger partial charge in [-0.15, -0.1) is 0 Å². The van der Waals surface area contributed by atoms with Crippen LogP contribution in [0.15, 0.2) is 33.3 Å². The Kier molecular flexibility index (Phi) is 3.78. The van der Waals surface area contributed by atoms with Gasteiger partial charge in [0.25, 0.3) is 5.91 Å². The fraction of sp³-hybridized carbons (Fsp3) is 0.353. The maximum Gasteiger partial charge on any atom is 0.277 e. The van der Waals surface area contributed by atoms with Crippen LogP contribution in [0, 0.1) is 6.92 Å². The van der Waals surface area contributed by atoms with Gasteiger partial charge in [0.1, 0.15) is 11.8 Å². The third-order valence-corrected chi connectivity index (χ3v) is 4.08. The number of hydrogen-bond donors (Lipinski definition) is 1. The zero-order valence-electron chi connectivity index (χ0n) is 13.2. The normalized spacial score (nSPS) is 15.7. The van der Waals surface area contributed by atoms with Crippen LogP contribution >= 0.6 is 0 Å². The van der Waals surface area contributed by atoms with E-state index >= 15 is 0 Å². The summed E-state index contributed by atoms with van der Waals surface area (Å²) in [5.74, 6) is 1.09. The largest absolute Gasteiger partial charge is 0.448 e. The fourth-order valence-corrected chi connectivity index (χ4v) is 2.84. The summed E-state index contributed by atoms with van der Waals surface area (Å²) in [5, 5.41) is 2.80. The average molecular weight is 327 g/mol. The van der Waals surface area contributed by atoms with E-state index in [-0.39, 0.29) is 17.5 Å². The number of rotatable bonds is 3. The van der Waals surface area contributed by atoms with Crippen molar-refractivity contribution in [3.8, 4) is 0 Å². The number of hydrogen-bond acceptors (Lipinski definition) is 6. The smallest absolute Gasteiger partial charge is 0.277 e. The second kappa shape index (κ2) is 6.09. The van der Waals surface area contributed by atoms with Crippen molar-refractivity contribution in [2.45, 2.75) is 25.7 Å². The summed E-state index contributed by atoms with van der Waals surface area (Å²) >= 11 is 0. The second-order valence-electron chi connectivity index (χ2n) is 5.83. The molecule has 3 aromatic rings. The molecule has 24 heavy (non-hydrogen) atoms. The number of oxazole rings is 2. The van der Waals surface area contributed by atoms with Crippen LogP contribution in [-0.4, -0.2) is 29.1 Å². The van der Waals surface area contributed by atoms with Crippen molar-refractivity contribution < 1.29 is 18.4 Å². The van der Waals surface area contributed by atoms with E-state index in [0.29, 0.717) is 36.3 Å². The highest BCUT2D eigenvalue weighted by Gasteiger charge is 2.22. The minimum atomic E-state index is -0.312. The predicted octanol–water partition coefficient (Wildman–Crippen LogP) is 3.27. The van der Waals surface area contributed by atoms with Crippen molar-refractivity contribution >= 4 is 22.7 Å². The number of nitrogens with one attached hydrogen (secondary N) is 1. The Morgan fingerprint density at radius 1 is 1.25 bits per heavy atom. The first-order valence-corrected chi connectivity index (χ1v) is 7.91. The zero-order chi connectivity index (χ0) is 16.5. The van der Waals surface area contributed by atoms with Crippen molar-refractivity contribution in [2.24, 2.45) is 0 Å². The van der Waals surface area contributed by atoms with Crippen LogP contribution < -0.4 is 5.32 Å². The third-order valence-electron chi connectivity index (χ3n) is 4.08. The summed E-state index contributed by atoms with van der Waals surface area (Å²) in [4.78, 5) is 20.9. The Hall–Kier alpha value is -2.67. The topological polar surface area (TPSA) is 90.4 Å². The van der Waals surface area contributed by atoms with E-state index in [1.807, 2.05) is 0 Å². The molecule has 1 aromatic carbocycles. The summed E-state index contributed by atoms with van der Waals surface area (Å²) in [5.41, 5.74) is 2.28. The van der Waals surface area contributed by atoms with Gasteiger partial charge in [0.15, 0.2) is 23.1 Å². The molecule has 0 saturated carbocycles. The molecule has 7 heteroatoms. The molecule has 0 radical (unpaired) electrons. The van der Waals surface area contributed by atoms with Gasteiger partial charge >= 0.3 is 0 Å². The highest BCUT2D eigenvalue weighted by Crippen LogP contribution is 2.26. The van der Waals surface area contributed by atoms with E-state index in [1.54, 1.807) is 25.1 Å². The average Bonchev–Trinajstić information content (AvgIpc) is 3.21. The molecule has 1 fully saturated rings. The SMILES string of the molecule is Cc1nc2ccc(NC(=O)c3coc(C4CCOCC4)n3)cc2o1. The molecule has 1 aliphatic rings. The summed E-state index contributed by atoms with van der Waals surface area (Å²) < 4.78 is 16.3. The monoisotopic (exact) mass is 327 g/mol. The molecule has 0 aliphatic carbocycles. The van der Waals surface area contributed by atoms with Gasteiger partial charge in [-0.25, -0.2) is 9.97 Å². The molecule has 1 saturated heterocycles. The minimum Gasteiger partial charge on any atom is -0.448 e. The molecular weight excluding hydrogens is 310 g/mol. The van der Waals surface area contributed by atoms with Crippen molar-refractivity contribution in [1.82, 2.24) is 9.97 Å². The number of amides is 1. The maximum absolute atomic E-state index is 12.3. The van der Waals surface area contributed by atoms with Gasteiger partial charge in [0.2, 0.25) is 0 Å². The number of ether oxygens (including phenoxy) is 1. The molecule has 124 valence electrons. The van der Waals surface area contributed by atoms with Gasteiger partial charge in [0.05, 0.1) is 0 Å². The summed E-state index contributed by atoms with van der Waals surface area (Å²) in [6.07, 6.45) is 3.13. The highest BCUT2D eigenvalue weighted by molar-refractivity contribution is 6.03. The lowest BCUT2D eigenvalue weighted by molar-refractivity contribution is 0.0794. The quantitative estimate of drug-likeness (QED) is 0.794. The van der Waals surface area contributed by atoms with E-state index in [4.69, 9.17) is 13.6 Å². The van der Waals surface area contributed by atoms with Crippen LogP contribution in [0.25, 0.3) is 11.1 Å². The van der Waals surface area contributed by atoms with Gasteiger partial charge in [-0.05, 0) is 25.0 Å². The van der Waals surface area contributed by atoms with Crippen molar-refractivity contribution in [3.63, 3.8) is 0 Å². The lowest BCUT2D eigenvalue weighted by Gasteiger charge is -2.18. The van der Waals surface area contributed by atoms with E-state index in [0.717, 1.165) is 18.4 Å². The fourth-order valence-electron chi connectivity index (χ4n) is 2.84. The van der Waals surface area contributed by atoms with Gasteiger partial charge in [-0.3, -0.25) is 4.79 Å². The van der Waals surface area contributed by atoms with E-state index in [1.165, 1.54) is 6.26 Å². The number of nitrogens with zero attached hydrogens (tertiary/aromatic N) is 2. The number of fused-ring (bicyclic) bond motifs is 1. The standard InChI is InChI=1S/C17H17N3O4/c1-10-18-13-3-2-12(8-15(13)24-10)19-16(21)14-9-23-17(20-14)11-4-6-22-7-5-11/h2-3,8-9,11H,4-7H2,1H3,(H,19,21). The third kappa shape index (κ3) is 2.90. The molecule has 4 rings (SSSR count). The van der Waals surface area contributed by atoms with Crippen molar-refractivity contribution in [2.75, 3.05) is 18.5 Å². The Bertz CT molecular complexity index is 877. The first-order valence-electron chi connectivity index (χ1n) is 7.91. The number of anilines is 1. The molecule has 3 heterocycles. The first kappa shape index (κ1) is 14.9. The van der Waals surface area contributed by atoms with E-state index in [2.05, 4.69) is 15.3 Å². The molecule has 0 spiro atoms. The Morgan fingerprint density at radius 3 is 2.92 bits per heavy atom. The molecule has 1 N–H and O–H groups in total.